The van der Waals surface area contributed by atoms with Crippen LogP contribution >= 0.6 is 23.2 Å². The maximum atomic E-state index is 13.2. The molecule has 0 saturated heterocycles. The summed E-state index contributed by atoms with van der Waals surface area (Å²) in [5.41, 5.74) is 8.24. The SMILES string of the molecule is CC1(C)C[C@@H](NC(=O)c2ccccc2)c2cc(-c3ccc(Cl)cc3)c(-c3ccc(C4C=NNC4)cc3Cl)nc2O1. The van der Waals surface area contributed by atoms with E-state index in [-0.39, 0.29) is 17.9 Å². The Labute approximate surface area is 243 Å². The molecule has 0 radical (unpaired) electrons. The Morgan fingerprint density at radius 1 is 1.00 bits per heavy atom. The number of pyridine rings is 1. The molecule has 8 heteroatoms. The van der Waals surface area contributed by atoms with Crippen LogP contribution in [0.1, 0.15) is 53.7 Å². The molecule has 1 aromatic heterocycles. The zero-order valence-electron chi connectivity index (χ0n) is 22.1. The van der Waals surface area contributed by atoms with Gasteiger partial charge in [0.05, 0.1) is 16.8 Å². The second kappa shape index (κ2) is 10.6. The third-order valence-corrected chi connectivity index (χ3v) is 7.85. The molecule has 2 N–H and O–H groups in total. The van der Waals surface area contributed by atoms with Gasteiger partial charge >= 0.3 is 0 Å². The standard InChI is InChI=1S/C32H28Cl2N4O2/c1-32(2)16-28(37-30(39)20-6-4-3-5-7-20)26-15-25(19-8-11-23(33)12-9-19)29(38-31(26)40-32)24-13-10-21(14-27(24)34)22-17-35-36-18-22/h3-15,17,22,28,36H,16,18H2,1-2H3,(H,37,39)/t22?,28-/m1/s1. The summed E-state index contributed by atoms with van der Waals surface area (Å²) in [5, 5.41) is 8.58. The number of amides is 1. The summed E-state index contributed by atoms with van der Waals surface area (Å²) >= 11 is 13.1. The minimum absolute atomic E-state index is 0.144. The van der Waals surface area contributed by atoms with Crippen LogP contribution < -0.4 is 15.5 Å². The van der Waals surface area contributed by atoms with Crippen molar-refractivity contribution in [1.29, 1.82) is 0 Å². The Morgan fingerprint density at radius 3 is 2.48 bits per heavy atom. The summed E-state index contributed by atoms with van der Waals surface area (Å²) in [6.07, 6.45) is 2.48. The van der Waals surface area contributed by atoms with Crippen LogP contribution in [0.15, 0.2) is 84.0 Å². The number of halogens is 2. The lowest BCUT2D eigenvalue weighted by Crippen LogP contribution is -2.41. The lowest BCUT2D eigenvalue weighted by Gasteiger charge is -2.37. The molecule has 0 fully saturated rings. The van der Waals surface area contributed by atoms with Crippen LogP contribution in [0.2, 0.25) is 10.0 Å². The van der Waals surface area contributed by atoms with Crippen molar-refractivity contribution in [1.82, 2.24) is 15.7 Å². The predicted molar refractivity (Wildman–Crippen MR) is 160 cm³/mol. The number of rotatable bonds is 5. The quantitative estimate of drug-likeness (QED) is 0.261. The largest absolute Gasteiger partial charge is 0.471 e. The fourth-order valence-electron chi connectivity index (χ4n) is 5.27. The van der Waals surface area contributed by atoms with Crippen LogP contribution in [0.5, 0.6) is 5.88 Å². The minimum Gasteiger partial charge on any atom is -0.471 e. The van der Waals surface area contributed by atoms with Gasteiger partial charge in [-0.1, -0.05) is 65.7 Å². The van der Waals surface area contributed by atoms with E-state index in [4.69, 9.17) is 32.9 Å². The van der Waals surface area contributed by atoms with Crippen molar-refractivity contribution in [2.24, 2.45) is 5.10 Å². The number of ether oxygens (including phenoxy) is 1. The second-order valence-electron chi connectivity index (χ2n) is 10.7. The van der Waals surface area contributed by atoms with Crippen molar-refractivity contribution in [2.45, 2.75) is 37.8 Å². The molecule has 0 saturated carbocycles. The van der Waals surface area contributed by atoms with Gasteiger partial charge in [-0.2, -0.15) is 5.10 Å². The minimum atomic E-state index is -0.545. The second-order valence-corrected chi connectivity index (χ2v) is 11.6. The smallest absolute Gasteiger partial charge is 0.251 e. The van der Waals surface area contributed by atoms with Gasteiger partial charge in [-0.3, -0.25) is 4.79 Å². The molecule has 3 heterocycles. The molecule has 0 bridgehead atoms. The van der Waals surface area contributed by atoms with E-state index >= 15 is 0 Å². The third kappa shape index (κ3) is 5.29. The molecule has 6 nitrogen and oxygen atoms in total. The number of carbonyl (C=O) groups excluding carboxylic acids is 1. The molecular formula is C32H28Cl2N4O2. The summed E-state index contributed by atoms with van der Waals surface area (Å²) in [6, 6.07) is 24.6. The first kappa shape index (κ1) is 26.4. The van der Waals surface area contributed by atoms with Gasteiger partial charge in [0.1, 0.15) is 5.60 Å². The van der Waals surface area contributed by atoms with Crippen molar-refractivity contribution < 1.29 is 9.53 Å². The van der Waals surface area contributed by atoms with E-state index < -0.39 is 5.60 Å². The topological polar surface area (TPSA) is 75.6 Å². The zero-order valence-corrected chi connectivity index (χ0v) is 23.6. The van der Waals surface area contributed by atoms with Crippen LogP contribution in [0, 0.1) is 0 Å². The Hall–Kier alpha value is -3.87. The van der Waals surface area contributed by atoms with Gasteiger partial charge in [-0.25, -0.2) is 4.98 Å². The molecule has 2 aliphatic heterocycles. The summed E-state index contributed by atoms with van der Waals surface area (Å²) < 4.78 is 6.40. The summed E-state index contributed by atoms with van der Waals surface area (Å²) in [5.74, 6) is 0.501. The normalized spacial score (nSPS) is 18.9. The van der Waals surface area contributed by atoms with E-state index in [0.29, 0.717) is 33.6 Å². The number of hydrazone groups is 1. The number of nitrogens with zero attached hydrogens (tertiary/aromatic N) is 2. The summed E-state index contributed by atoms with van der Waals surface area (Å²) in [4.78, 5) is 18.2. The van der Waals surface area contributed by atoms with Gasteiger partial charge in [0.15, 0.2) is 0 Å². The van der Waals surface area contributed by atoms with Crippen LogP contribution in [-0.4, -0.2) is 29.3 Å². The number of benzene rings is 3. The third-order valence-electron chi connectivity index (χ3n) is 7.29. The van der Waals surface area contributed by atoms with Gasteiger partial charge in [-0.15, -0.1) is 0 Å². The first-order valence-corrected chi connectivity index (χ1v) is 13.9. The molecule has 1 amide bonds. The van der Waals surface area contributed by atoms with E-state index in [9.17, 15) is 4.79 Å². The summed E-state index contributed by atoms with van der Waals surface area (Å²) in [6.45, 7) is 4.75. The molecule has 4 aromatic rings. The van der Waals surface area contributed by atoms with E-state index in [1.807, 2.05) is 74.7 Å². The van der Waals surface area contributed by atoms with Crippen molar-refractivity contribution in [3.63, 3.8) is 0 Å². The molecular weight excluding hydrogens is 543 g/mol. The highest BCUT2D eigenvalue weighted by Gasteiger charge is 2.37. The van der Waals surface area contributed by atoms with Gasteiger partial charge in [-0.05, 0) is 61.4 Å². The molecule has 2 aliphatic rings. The number of hydrogen-bond donors (Lipinski definition) is 2. The Morgan fingerprint density at radius 2 is 1.77 bits per heavy atom. The average molecular weight is 572 g/mol. The lowest BCUT2D eigenvalue weighted by atomic mass is 9.88. The number of fused-ring (bicyclic) bond motifs is 1. The van der Waals surface area contributed by atoms with Gasteiger partial charge in [0.25, 0.3) is 5.91 Å². The molecule has 202 valence electrons. The highest BCUT2D eigenvalue weighted by Crippen LogP contribution is 2.45. The fourth-order valence-corrected chi connectivity index (χ4v) is 5.67. The van der Waals surface area contributed by atoms with Crippen LogP contribution in [0.4, 0.5) is 0 Å². The summed E-state index contributed by atoms with van der Waals surface area (Å²) in [7, 11) is 0. The van der Waals surface area contributed by atoms with E-state index in [2.05, 4.69) is 28.0 Å². The molecule has 40 heavy (non-hydrogen) atoms. The van der Waals surface area contributed by atoms with Crippen molar-refractivity contribution in [3.8, 4) is 28.3 Å². The van der Waals surface area contributed by atoms with Crippen molar-refractivity contribution in [2.75, 3.05) is 6.54 Å². The number of carbonyl (C=O) groups is 1. The fraction of sp³-hybridized carbons (Fsp3) is 0.219. The van der Waals surface area contributed by atoms with Gasteiger partial charge in [0, 0.05) is 52.4 Å². The molecule has 2 atom stereocenters. The van der Waals surface area contributed by atoms with E-state index in [0.717, 1.165) is 34.4 Å². The molecule has 6 rings (SSSR count). The van der Waals surface area contributed by atoms with Crippen molar-refractivity contribution in [3.05, 3.63) is 106 Å². The predicted octanol–water partition coefficient (Wildman–Crippen LogP) is 7.43. The van der Waals surface area contributed by atoms with E-state index in [1.165, 1.54) is 0 Å². The molecule has 0 spiro atoms. The maximum absolute atomic E-state index is 13.2. The van der Waals surface area contributed by atoms with Gasteiger partial charge in [0.2, 0.25) is 5.88 Å². The highest BCUT2D eigenvalue weighted by molar-refractivity contribution is 6.33. The molecule has 1 unspecified atom stereocenters. The molecule has 0 aliphatic carbocycles. The molecule has 3 aromatic carbocycles. The monoisotopic (exact) mass is 570 g/mol. The van der Waals surface area contributed by atoms with Crippen LogP contribution in [-0.2, 0) is 0 Å². The van der Waals surface area contributed by atoms with Crippen molar-refractivity contribution >= 4 is 35.3 Å². The Bertz CT molecular complexity index is 1600. The van der Waals surface area contributed by atoms with E-state index in [1.54, 1.807) is 12.1 Å². The van der Waals surface area contributed by atoms with Gasteiger partial charge < -0.3 is 15.5 Å². The Kier molecular flexibility index (Phi) is 6.99. The van der Waals surface area contributed by atoms with Crippen LogP contribution in [0.3, 0.4) is 0 Å². The first-order chi connectivity index (χ1) is 19.3. The number of aromatic nitrogens is 1. The first-order valence-electron chi connectivity index (χ1n) is 13.2. The highest BCUT2D eigenvalue weighted by atomic mass is 35.5. The average Bonchev–Trinajstić information content (AvgIpc) is 3.48. The zero-order chi connectivity index (χ0) is 27.9. The lowest BCUT2D eigenvalue weighted by molar-refractivity contribution is 0.0572. The number of nitrogens with one attached hydrogen (secondary N) is 2. The van der Waals surface area contributed by atoms with Crippen LogP contribution in [0.25, 0.3) is 22.4 Å². The maximum Gasteiger partial charge on any atom is 0.251 e. The Balaban J connectivity index is 1.47. The number of hydrogen-bond acceptors (Lipinski definition) is 5.